The van der Waals surface area contributed by atoms with Crippen molar-refractivity contribution in [3.05, 3.63) is 35.7 Å². The van der Waals surface area contributed by atoms with Crippen LogP contribution in [0.15, 0.2) is 24.4 Å². The number of aryl methyl sites for hydroxylation is 2. The van der Waals surface area contributed by atoms with Gasteiger partial charge in [0.2, 0.25) is 5.95 Å². The van der Waals surface area contributed by atoms with Gasteiger partial charge >= 0.3 is 0 Å². The van der Waals surface area contributed by atoms with Gasteiger partial charge in [-0.15, -0.1) is 0 Å². The number of aromatic amines is 1. The van der Waals surface area contributed by atoms with Crippen molar-refractivity contribution in [3.8, 4) is 5.75 Å². The van der Waals surface area contributed by atoms with Gasteiger partial charge in [0.05, 0.1) is 13.3 Å². The van der Waals surface area contributed by atoms with Crippen LogP contribution in [0.4, 0.5) is 11.6 Å². The molecule has 2 N–H and O–H groups in total. The number of nitrogens with zero attached hydrogens (tertiary/aromatic N) is 1. The number of hydrogen-bond donors (Lipinski definition) is 2. The number of imidazole rings is 1. The molecule has 2 rings (SSSR count). The lowest BCUT2D eigenvalue weighted by Crippen LogP contribution is -1.96. The van der Waals surface area contributed by atoms with Crippen LogP contribution in [0.5, 0.6) is 5.75 Å². The summed E-state index contributed by atoms with van der Waals surface area (Å²) in [5.74, 6) is 1.60. The quantitative estimate of drug-likeness (QED) is 0.850. The molecule has 1 aromatic heterocycles. The van der Waals surface area contributed by atoms with E-state index in [4.69, 9.17) is 4.74 Å². The molecule has 0 spiro atoms. The first-order chi connectivity index (χ1) is 8.22. The van der Waals surface area contributed by atoms with Gasteiger partial charge < -0.3 is 15.0 Å². The number of H-pyrrole nitrogens is 1. The van der Waals surface area contributed by atoms with Crippen LogP contribution in [0.1, 0.15) is 18.2 Å². The van der Waals surface area contributed by atoms with Gasteiger partial charge in [0, 0.05) is 17.4 Å². The second-order valence-corrected chi connectivity index (χ2v) is 3.92. The highest BCUT2D eigenvalue weighted by molar-refractivity contribution is 5.60. The third kappa shape index (κ3) is 2.58. The predicted octanol–water partition coefficient (Wildman–Crippen LogP) is 3.03. The van der Waals surface area contributed by atoms with Gasteiger partial charge in [-0.25, -0.2) is 4.98 Å². The molecular weight excluding hydrogens is 214 g/mol. The molecule has 0 aliphatic rings. The summed E-state index contributed by atoms with van der Waals surface area (Å²) in [4.78, 5) is 7.48. The van der Waals surface area contributed by atoms with Crippen molar-refractivity contribution in [2.75, 3.05) is 12.4 Å². The molecule has 0 atom stereocenters. The summed E-state index contributed by atoms with van der Waals surface area (Å²) in [7, 11) is 1.66. The average molecular weight is 231 g/mol. The molecule has 0 unspecified atom stereocenters. The molecule has 0 saturated carbocycles. The normalized spacial score (nSPS) is 10.3. The molecule has 0 radical (unpaired) electrons. The first-order valence-corrected chi connectivity index (χ1v) is 5.68. The van der Waals surface area contributed by atoms with Crippen molar-refractivity contribution in [2.24, 2.45) is 0 Å². The van der Waals surface area contributed by atoms with E-state index in [9.17, 15) is 0 Å². The van der Waals surface area contributed by atoms with Crippen LogP contribution in [0, 0.1) is 6.92 Å². The molecular formula is C13H17N3O. The largest absolute Gasteiger partial charge is 0.497 e. The zero-order valence-corrected chi connectivity index (χ0v) is 10.4. The van der Waals surface area contributed by atoms with Crippen LogP contribution in [-0.2, 0) is 6.42 Å². The number of benzene rings is 1. The molecule has 1 aromatic carbocycles. The lowest BCUT2D eigenvalue weighted by molar-refractivity contribution is 0.415. The molecule has 90 valence electrons. The summed E-state index contributed by atoms with van der Waals surface area (Å²) in [6.07, 6.45) is 2.80. The summed E-state index contributed by atoms with van der Waals surface area (Å²) < 4.78 is 5.20. The van der Waals surface area contributed by atoms with E-state index in [0.717, 1.165) is 35.1 Å². The van der Waals surface area contributed by atoms with Gasteiger partial charge in [-0.3, -0.25) is 0 Å². The molecule has 1 heterocycles. The topological polar surface area (TPSA) is 49.9 Å². The molecule has 0 fully saturated rings. The van der Waals surface area contributed by atoms with E-state index in [2.05, 4.69) is 22.2 Å². The standard InChI is InChI=1S/C13H17N3O/c1-4-10-8-14-13(15-10)16-12-7-11(17-3)6-5-9(12)2/h5-8H,4H2,1-3H3,(H2,14,15,16). The zero-order valence-electron chi connectivity index (χ0n) is 10.4. The molecule has 0 aliphatic carbocycles. The molecule has 4 heteroatoms. The van der Waals surface area contributed by atoms with E-state index in [1.54, 1.807) is 7.11 Å². The Hall–Kier alpha value is -1.97. The Labute approximate surface area is 101 Å². The number of nitrogens with one attached hydrogen (secondary N) is 2. The van der Waals surface area contributed by atoms with Gasteiger partial charge in [0.25, 0.3) is 0 Å². The van der Waals surface area contributed by atoms with E-state index in [-0.39, 0.29) is 0 Å². The highest BCUT2D eigenvalue weighted by Crippen LogP contribution is 2.24. The van der Waals surface area contributed by atoms with E-state index in [1.807, 2.05) is 31.3 Å². The van der Waals surface area contributed by atoms with Crippen LogP contribution >= 0.6 is 0 Å². The summed E-state index contributed by atoms with van der Waals surface area (Å²) in [6.45, 7) is 4.14. The number of rotatable bonds is 4. The fourth-order valence-electron chi connectivity index (χ4n) is 1.59. The van der Waals surface area contributed by atoms with Crippen LogP contribution in [0.3, 0.4) is 0 Å². The zero-order chi connectivity index (χ0) is 12.3. The van der Waals surface area contributed by atoms with Crippen molar-refractivity contribution in [3.63, 3.8) is 0 Å². The lowest BCUT2D eigenvalue weighted by Gasteiger charge is -2.08. The van der Waals surface area contributed by atoms with E-state index in [0.29, 0.717) is 0 Å². The monoisotopic (exact) mass is 231 g/mol. The van der Waals surface area contributed by atoms with Crippen molar-refractivity contribution >= 4 is 11.6 Å². The van der Waals surface area contributed by atoms with Gasteiger partial charge in [0.15, 0.2) is 0 Å². The van der Waals surface area contributed by atoms with Crippen molar-refractivity contribution in [1.29, 1.82) is 0 Å². The number of methoxy groups -OCH3 is 1. The maximum Gasteiger partial charge on any atom is 0.204 e. The number of aromatic nitrogens is 2. The third-order valence-electron chi connectivity index (χ3n) is 2.71. The molecule has 2 aromatic rings. The number of hydrogen-bond acceptors (Lipinski definition) is 3. The Morgan fingerprint density at radius 2 is 2.24 bits per heavy atom. The van der Waals surface area contributed by atoms with Crippen molar-refractivity contribution in [2.45, 2.75) is 20.3 Å². The fraction of sp³-hybridized carbons (Fsp3) is 0.308. The summed E-state index contributed by atoms with van der Waals surface area (Å²) in [5, 5.41) is 3.25. The van der Waals surface area contributed by atoms with Gasteiger partial charge in [-0.05, 0) is 25.0 Å². The molecule has 0 amide bonds. The Balaban J connectivity index is 2.22. The van der Waals surface area contributed by atoms with Crippen LogP contribution < -0.4 is 10.1 Å². The number of ether oxygens (including phenoxy) is 1. The summed E-state index contributed by atoms with van der Waals surface area (Å²) >= 11 is 0. The third-order valence-corrected chi connectivity index (χ3v) is 2.71. The van der Waals surface area contributed by atoms with E-state index >= 15 is 0 Å². The van der Waals surface area contributed by atoms with Gasteiger partial charge in [0.1, 0.15) is 5.75 Å². The highest BCUT2D eigenvalue weighted by atomic mass is 16.5. The second kappa shape index (κ2) is 4.91. The fourth-order valence-corrected chi connectivity index (χ4v) is 1.59. The molecule has 17 heavy (non-hydrogen) atoms. The molecule has 0 bridgehead atoms. The molecule has 0 aliphatic heterocycles. The van der Waals surface area contributed by atoms with Crippen LogP contribution in [0.2, 0.25) is 0 Å². The van der Waals surface area contributed by atoms with Crippen LogP contribution in [0.25, 0.3) is 0 Å². The Morgan fingerprint density at radius 3 is 2.88 bits per heavy atom. The minimum absolute atomic E-state index is 0.762. The van der Waals surface area contributed by atoms with Crippen molar-refractivity contribution < 1.29 is 4.74 Å². The Kier molecular flexibility index (Phi) is 3.32. The Bertz CT molecular complexity index is 505. The molecule has 0 saturated heterocycles. The smallest absolute Gasteiger partial charge is 0.204 e. The lowest BCUT2D eigenvalue weighted by atomic mass is 10.2. The second-order valence-electron chi connectivity index (χ2n) is 3.92. The van der Waals surface area contributed by atoms with Gasteiger partial charge in [-0.2, -0.15) is 0 Å². The molecule has 4 nitrogen and oxygen atoms in total. The van der Waals surface area contributed by atoms with Gasteiger partial charge in [-0.1, -0.05) is 13.0 Å². The SMILES string of the molecule is CCc1cnc(Nc2cc(OC)ccc2C)[nH]1. The van der Waals surface area contributed by atoms with E-state index in [1.165, 1.54) is 0 Å². The Morgan fingerprint density at radius 1 is 1.41 bits per heavy atom. The first-order valence-electron chi connectivity index (χ1n) is 5.68. The van der Waals surface area contributed by atoms with E-state index < -0.39 is 0 Å². The number of anilines is 2. The first kappa shape index (κ1) is 11.5. The predicted molar refractivity (Wildman–Crippen MR) is 69.0 cm³/mol. The minimum atomic E-state index is 0.762. The maximum atomic E-state index is 5.20. The maximum absolute atomic E-state index is 5.20. The highest BCUT2D eigenvalue weighted by Gasteiger charge is 2.03. The minimum Gasteiger partial charge on any atom is -0.497 e. The average Bonchev–Trinajstić information content (AvgIpc) is 2.80. The van der Waals surface area contributed by atoms with Crippen LogP contribution in [-0.4, -0.2) is 17.1 Å². The van der Waals surface area contributed by atoms with Crippen molar-refractivity contribution in [1.82, 2.24) is 9.97 Å². The summed E-state index contributed by atoms with van der Waals surface area (Å²) in [5.41, 5.74) is 3.27. The summed E-state index contributed by atoms with van der Waals surface area (Å²) in [6, 6.07) is 5.93.